The molecule has 0 aliphatic rings. The Morgan fingerprint density at radius 3 is 1.63 bits per heavy atom. The predicted octanol–water partition coefficient (Wildman–Crippen LogP) is 2.86. The lowest BCUT2D eigenvalue weighted by Gasteiger charge is -2.41. The fraction of sp³-hybridized carbons (Fsp3) is 0.467. The Balaban J connectivity index is 3.39. The van der Waals surface area contributed by atoms with Gasteiger partial charge in [0.1, 0.15) is 7.34 Å². The monoisotopic (exact) mass is 279 g/mol. The highest BCUT2D eigenvalue weighted by molar-refractivity contribution is 7.67. The van der Waals surface area contributed by atoms with E-state index >= 15 is 0 Å². The molecule has 0 saturated heterocycles. The van der Waals surface area contributed by atoms with Gasteiger partial charge in [0, 0.05) is 0 Å². The molecule has 0 fully saturated rings. The zero-order chi connectivity index (χ0) is 14.6. The van der Waals surface area contributed by atoms with E-state index in [9.17, 15) is 0 Å². The third-order valence-corrected chi connectivity index (χ3v) is 6.98. The molecule has 19 heavy (non-hydrogen) atoms. The molecule has 1 aromatic carbocycles. The number of aryl methyl sites for hydroxylation is 1. The van der Waals surface area contributed by atoms with Crippen molar-refractivity contribution in [3.05, 3.63) is 35.4 Å². The summed E-state index contributed by atoms with van der Waals surface area (Å²) in [6.07, 6.45) is 2.10. The summed E-state index contributed by atoms with van der Waals surface area (Å²) in [5, 5.41) is 0. The summed E-state index contributed by atoms with van der Waals surface area (Å²) in [5.41, 5.74) is 6.11. The van der Waals surface area contributed by atoms with Crippen LogP contribution in [0.1, 0.15) is 11.1 Å². The first-order chi connectivity index (χ1) is 8.80. The van der Waals surface area contributed by atoms with Gasteiger partial charge in [-0.2, -0.15) is 0 Å². The van der Waals surface area contributed by atoms with Crippen LogP contribution in [-0.4, -0.2) is 61.7 Å². The second-order valence-corrected chi connectivity index (χ2v) is 9.09. The molecule has 0 aliphatic heterocycles. The quantitative estimate of drug-likeness (QED) is 0.785. The van der Waals surface area contributed by atoms with Crippen LogP contribution in [0, 0.1) is 6.92 Å². The van der Waals surface area contributed by atoms with Crippen molar-refractivity contribution in [3.63, 3.8) is 0 Å². The molecule has 0 radical (unpaired) electrons. The van der Waals surface area contributed by atoms with Gasteiger partial charge >= 0.3 is 0 Å². The molecule has 106 valence electrons. The molecule has 1 rings (SSSR count). The normalized spacial score (nSPS) is 12.1. The molecule has 0 heterocycles. The molecule has 3 nitrogen and oxygen atoms in total. The average molecular weight is 279 g/mol. The minimum Gasteiger partial charge on any atom is -0.260 e. The van der Waals surface area contributed by atoms with Crippen molar-refractivity contribution in [3.8, 4) is 0 Å². The molecule has 0 aromatic heterocycles. The lowest BCUT2D eigenvalue weighted by Crippen LogP contribution is -2.31. The predicted molar refractivity (Wildman–Crippen MR) is 88.6 cm³/mol. The van der Waals surface area contributed by atoms with Crippen LogP contribution in [0.4, 0.5) is 0 Å². The van der Waals surface area contributed by atoms with E-state index in [1.165, 1.54) is 11.1 Å². The molecule has 0 amide bonds. The first-order valence-corrected chi connectivity index (χ1v) is 8.05. The highest BCUT2D eigenvalue weighted by atomic mass is 31.2. The summed E-state index contributed by atoms with van der Waals surface area (Å²) >= 11 is 0. The van der Waals surface area contributed by atoms with Gasteiger partial charge < -0.3 is 0 Å². The van der Waals surface area contributed by atoms with E-state index in [1.54, 1.807) is 0 Å². The van der Waals surface area contributed by atoms with E-state index in [4.69, 9.17) is 0 Å². The van der Waals surface area contributed by atoms with E-state index < -0.39 is 7.34 Å². The van der Waals surface area contributed by atoms with Crippen LogP contribution in [0.25, 0.3) is 6.08 Å². The van der Waals surface area contributed by atoms with Gasteiger partial charge in [-0.3, -0.25) is 14.0 Å². The van der Waals surface area contributed by atoms with Crippen LogP contribution in [-0.2, 0) is 0 Å². The first kappa shape index (κ1) is 16.2. The molecule has 0 aliphatic carbocycles. The highest BCUT2D eigenvalue weighted by Gasteiger charge is 2.24. The molecular weight excluding hydrogens is 253 g/mol. The van der Waals surface area contributed by atoms with Crippen molar-refractivity contribution in [2.24, 2.45) is 0 Å². The van der Waals surface area contributed by atoms with Gasteiger partial charge in [-0.25, -0.2) is 0 Å². The van der Waals surface area contributed by atoms with Gasteiger partial charge in [-0.05, 0) is 60.8 Å². The molecular formula is C15H26N3P. The lowest BCUT2D eigenvalue weighted by molar-refractivity contribution is 0.484. The maximum atomic E-state index is 3.63. The van der Waals surface area contributed by atoms with E-state index in [0.717, 1.165) is 0 Å². The van der Waals surface area contributed by atoms with E-state index in [2.05, 4.69) is 99.0 Å². The summed E-state index contributed by atoms with van der Waals surface area (Å²) in [7, 11) is 11.0. The third-order valence-electron chi connectivity index (χ3n) is 3.16. The number of nitrogens with zero attached hydrogens (tertiary/aromatic N) is 3. The van der Waals surface area contributed by atoms with Crippen molar-refractivity contribution >= 4 is 18.9 Å². The van der Waals surface area contributed by atoms with Crippen LogP contribution >= 0.6 is 7.34 Å². The van der Waals surface area contributed by atoms with Crippen molar-refractivity contribution in [1.29, 1.82) is 0 Å². The number of benzene rings is 1. The molecule has 4 heteroatoms. The second-order valence-electron chi connectivity index (χ2n) is 5.29. The zero-order valence-electron chi connectivity index (χ0n) is 13.2. The number of hydrogen-bond acceptors (Lipinski definition) is 3. The van der Waals surface area contributed by atoms with Crippen LogP contribution in [0.15, 0.2) is 24.3 Å². The maximum Gasteiger partial charge on any atom is 0.122 e. The summed E-state index contributed by atoms with van der Waals surface area (Å²) in [5.74, 6) is 0. The van der Waals surface area contributed by atoms with E-state index in [1.807, 2.05) is 0 Å². The van der Waals surface area contributed by atoms with Gasteiger partial charge in [0.15, 0.2) is 0 Å². The van der Waals surface area contributed by atoms with Gasteiger partial charge in [-0.1, -0.05) is 35.3 Å². The van der Waals surface area contributed by atoms with Crippen molar-refractivity contribution in [1.82, 2.24) is 14.0 Å². The molecule has 0 atom stereocenters. The highest BCUT2D eigenvalue weighted by Crippen LogP contribution is 2.51. The molecule has 1 aromatic rings. The smallest absolute Gasteiger partial charge is 0.122 e. The standard InChI is InChI=1S/C15H26N3P/c1-14-8-10-15(11-9-14)12-13-19(16(2)3,17(4)5)18(6)7/h8-12H,1-7H3. The summed E-state index contributed by atoms with van der Waals surface area (Å²) < 4.78 is 6.78. The molecule has 0 unspecified atom stereocenters. The second kappa shape index (κ2) is 6.56. The lowest BCUT2D eigenvalue weighted by atomic mass is 10.2. The SMILES string of the molecule is Cc1ccc(C=C=P(N(C)C)(N(C)C)N(C)C)cc1. The third kappa shape index (κ3) is 3.60. The topological polar surface area (TPSA) is 9.72 Å². The summed E-state index contributed by atoms with van der Waals surface area (Å²) in [6.45, 7) is 2.11. The van der Waals surface area contributed by atoms with Crippen molar-refractivity contribution < 1.29 is 0 Å². The van der Waals surface area contributed by atoms with Gasteiger partial charge in [0.25, 0.3) is 0 Å². The van der Waals surface area contributed by atoms with Crippen LogP contribution < -0.4 is 0 Å². The average Bonchev–Trinajstić information content (AvgIpc) is 2.30. The van der Waals surface area contributed by atoms with Crippen LogP contribution in [0.2, 0.25) is 0 Å². The minimum absolute atomic E-state index is 1.19. The van der Waals surface area contributed by atoms with Gasteiger partial charge in [-0.15, -0.1) is 0 Å². The molecule has 0 N–H and O–H groups in total. The number of hydrogen-bond donors (Lipinski definition) is 0. The Hall–Kier alpha value is -0.820. The van der Waals surface area contributed by atoms with Gasteiger partial charge in [0.05, 0.1) is 0 Å². The molecule has 0 bridgehead atoms. The van der Waals surface area contributed by atoms with E-state index in [-0.39, 0.29) is 0 Å². The molecule has 0 saturated carbocycles. The summed E-state index contributed by atoms with van der Waals surface area (Å²) in [4.78, 5) is 0. The van der Waals surface area contributed by atoms with Crippen LogP contribution in [0.3, 0.4) is 0 Å². The van der Waals surface area contributed by atoms with Crippen LogP contribution in [0.5, 0.6) is 0 Å². The fourth-order valence-corrected chi connectivity index (χ4v) is 5.41. The summed E-state index contributed by atoms with van der Waals surface area (Å²) in [6, 6.07) is 8.54. The largest absolute Gasteiger partial charge is 0.260 e. The Morgan fingerprint density at radius 2 is 1.26 bits per heavy atom. The zero-order valence-corrected chi connectivity index (χ0v) is 14.1. The first-order valence-electron chi connectivity index (χ1n) is 6.41. The fourth-order valence-electron chi connectivity index (χ4n) is 2.24. The number of rotatable bonds is 4. The molecule has 0 spiro atoms. The van der Waals surface area contributed by atoms with Crippen molar-refractivity contribution in [2.45, 2.75) is 6.92 Å². The Labute approximate surface area is 118 Å². The Morgan fingerprint density at radius 1 is 0.842 bits per heavy atom. The minimum atomic E-state index is -1.69. The maximum absolute atomic E-state index is 3.63. The van der Waals surface area contributed by atoms with Gasteiger partial charge in [0.2, 0.25) is 0 Å². The Bertz CT molecular complexity index is 466. The van der Waals surface area contributed by atoms with E-state index in [0.29, 0.717) is 0 Å². The Kier molecular flexibility index (Phi) is 5.61. The van der Waals surface area contributed by atoms with Crippen molar-refractivity contribution in [2.75, 3.05) is 42.3 Å².